The van der Waals surface area contributed by atoms with Gasteiger partial charge in [0, 0.05) is 19.3 Å². The standard InChI is InChI=1S/C67H124O6/c1-4-7-10-13-16-19-22-24-26-28-30-32-34-36-37-39-41-43-45-48-51-54-57-60-66(69)72-63-64(62-71-65(68)59-56-53-50-47-21-18-15-12-9-6-3)73-67(70)61-58-55-52-49-46-44-42-40-38-35-33-31-29-27-25-23-20-17-14-11-8-5-2/h22,24,28,30,34,36,64H,4-21,23,25-27,29,31-33,35,37-63H2,1-3H3/b24-22-,30-28-,36-34-. The van der Waals surface area contributed by atoms with Crippen molar-refractivity contribution < 1.29 is 28.6 Å². The Hall–Kier alpha value is -2.37. The second-order valence-corrected chi connectivity index (χ2v) is 22.0. The number of hydrogen-bond acceptors (Lipinski definition) is 6. The average molecular weight is 1030 g/mol. The maximum Gasteiger partial charge on any atom is 0.306 e. The van der Waals surface area contributed by atoms with Crippen molar-refractivity contribution in [1.82, 2.24) is 0 Å². The van der Waals surface area contributed by atoms with Gasteiger partial charge in [0.2, 0.25) is 0 Å². The highest BCUT2D eigenvalue weighted by atomic mass is 16.6. The van der Waals surface area contributed by atoms with Crippen molar-refractivity contribution in [3.8, 4) is 0 Å². The number of hydrogen-bond donors (Lipinski definition) is 0. The predicted molar refractivity (Wildman–Crippen MR) is 316 cm³/mol. The van der Waals surface area contributed by atoms with Crippen LogP contribution in [0.2, 0.25) is 0 Å². The van der Waals surface area contributed by atoms with Gasteiger partial charge in [-0.05, 0) is 57.8 Å². The van der Waals surface area contributed by atoms with Gasteiger partial charge >= 0.3 is 17.9 Å². The summed E-state index contributed by atoms with van der Waals surface area (Å²) < 4.78 is 16.9. The highest BCUT2D eigenvalue weighted by molar-refractivity contribution is 5.71. The lowest BCUT2D eigenvalue weighted by molar-refractivity contribution is -0.167. The monoisotopic (exact) mass is 1020 g/mol. The van der Waals surface area contributed by atoms with Gasteiger partial charge in [-0.3, -0.25) is 14.4 Å². The first-order valence-electron chi connectivity index (χ1n) is 32.5. The summed E-state index contributed by atoms with van der Waals surface area (Å²) in [5.41, 5.74) is 0. The number of rotatable bonds is 60. The van der Waals surface area contributed by atoms with Gasteiger partial charge in [-0.2, -0.15) is 0 Å². The number of carbonyl (C=O) groups is 3. The molecule has 0 aliphatic carbocycles. The fourth-order valence-corrected chi connectivity index (χ4v) is 9.75. The van der Waals surface area contributed by atoms with Gasteiger partial charge in [0.25, 0.3) is 0 Å². The summed E-state index contributed by atoms with van der Waals surface area (Å²) in [6.07, 6.45) is 75.9. The average Bonchev–Trinajstić information content (AvgIpc) is 3.39. The van der Waals surface area contributed by atoms with E-state index >= 15 is 0 Å². The molecule has 0 aromatic heterocycles. The van der Waals surface area contributed by atoms with Crippen LogP contribution in [-0.2, 0) is 28.6 Å². The summed E-state index contributed by atoms with van der Waals surface area (Å²) in [7, 11) is 0. The molecule has 6 heteroatoms. The Balaban J connectivity index is 4.22. The molecule has 0 rings (SSSR count). The minimum atomic E-state index is -0.771. The largest absolute Gasteiger partial charge is 0.462 e. The third-order valence-electron chi connectivity index (χ3n) is 14.6. The lowest BCUT2D eigenvalue weighted by Crippen LogP contribution is -2.30. The lowest BCUT2D eigenvalue weighted by atomic mass is 10.0. The van der Waals surface area contributed by atoms with Crippen molar-refractivity contribution in [3.05, 3.63) is 36.5 Å². The van der Waals surface area contributed by atoms with Gasteiger partial charge in [-0.25, -0.2) is 0 Å². The zero-order valence-corrected chi connectivity index (χ0v) is 49.2. The van der Waals surface area contributed by atoms with E-state index in [0.717, 1.165) is 77.0 Å². The first-order chi connectivity index (χ1) is 36.0. The molecule has 1 unspecified atom stereocenters. The molecule has 0 spiro atoms. The fraction of sp³-hybridized carbons (Fsp3) is 0.866. The zero-order valence-electron chi connectivity index (χ0n) is 49.2. The molecule has 0 aromatic carbocycles. The third-order valence-corrected chi connectivity index (χ3v) is 14.6. The van der Waals surface area contributed by atoms with E-state index in [1.165, 1.54) is 238 Å². The van der Waals surface area contributed by atoms with Crippen LogP contribution < -0.4 is 0 Å². The molecule has 0 heterocycles. The van der Waals surface area contributed by atoms with Crippen LogP contribution in [0.3, 0.4) is 0 Å². The summed E-state index contributed by atoms with van der Waals surface area (Å²) in [6.45, 7) is 6.67. The van der Waals surface area contributed by atoms with Gasteiger partial charge in [-0.15, -0.1) is 0 Å². The summed E-state index contributed by atoms with van der Waals surface area (Å²) >= 11 is 0. The van der Waals surface area contributed by atoms with Crippen LogP contribution in [0.15, 0.2) is 36.5 Å². The molecule has 0 aromatic rings. The van der Waals surface area contributed by atoms with E-state index in [0.29, 0.717) is 19.3 Å². The Kier molecular flexibility index (Phi) is 60.2. The topological polar surface area (TPSA) is 78.9 Å². The van der Waals surface area contributed by atoms with Crippen LogP contribution >= 0.6 is 0 Å². The van der Waals surface area contributed by atoms with Crippen LogP contribution in [0.4, 0.5) is 0 Å². The Morgan fingerprint density at radius 1 is 0.274 bits per heavy atom. The molecule has 1 atom stereocenters. The molecule has 6 nitrogen and oxygen atoms in total. The van der Waals surface area contributed by atoms with Crippen molar-refractivity contribution in [2.24, 2.45) is 0 Å². The van der Waals surface area contributed by atoms with Crippen LogP contribution in [0.1, 0.15) is 355 Å². The third kappa shape index (κ3) is 60.4. The Morgan fingerprint density at radius 3 is 0.767 bits per heavy atom. The zero-order chi connectivity index (χ0) is 52.9. The number of allylic oxidation sites excluding steroid dienone is 6. The molecule has 0 saturated heterocycles. The molecular weight excluding hydrogens is 901 g/mol. The summed E-state index contributed by atoms with van der Waals surface area (Å²) in [5, 5.41) is 0. The Bertz CT molecular complexity index is 1220. The maximum atomic E-state index is 12.9. The van der Waals surface area contributed by atoms with Gasteiger partial charge < -0.3 is 14.2 Å². The van der Waals surface area contributed by atoms with Gasteiger partial charge in [-0.1, -0.05) is 314 Å². The molecular formula is C67H124O6. The van der Waals surface area contributed by atoms with Gasteiger partial charge in [0.05, 0.1) is 0 Å². The molecule has 0 radical (unpaired) electrons. The number of ether oxygens (including phenoxy) is 3. The lowest BCUT2D eigenvalue weighted by Gasteiger charge is -2.18. The summed E-state index contributed by atoms with van der Waals surface area (Å²) in [6, 6.07) is 0. The van der Waals surface area contributed by atoms with Gasteiger partial charge in [0.15, 0.2) is 6.10 Å². The molecule has 0 fully saturated rings. The Morgan fingerprint density at radius 2 is 0.493 bits per heavy atom. The molecule has 0 N–H and O–H groups in total. The van der Waals surface area contributed by atoms with Gasteiger partial charge in [0.1, 0.15) is 13.2 Å². The molecule has 0 aliphatic heterocycles. The number of esters is 3. The molecule has 0 amide bonds. The molecule has 0 saturated carbocycles. The molecule has 428 valence electrons. The summed E-state index contributed by atoms with van der Waals surface area (Å²) in [5.74, 6) is -0.854. The van der Waals surface area contributed by atoms with Crippen molar-refractivity contribution in [2.45, 2.75) is 361 Å². The van der Waals surface area contributed by atoms with Crippen molar-refractivity contribution >= 4 is 17.9 Å². The maximum absolute atomic E-state index is 12.9. The van der Waals surface area contributed by atoms with E-state index in [1.807, 2.05) is 0 Å². The number of carbonyl (C=O) groups excluding carboxylic acids is 3. The van der Waals surface area contributed by atoms with Crippen LogP contribution in [-0.4, -0.2) is 37.2 Å². The molecule has 0 aliphatic rings. The first kappa shape index (κ1) is 70.6. The second-order valence-electron chi connectivity index (χ2n) is 22.0. The van der Waals surface area contributed by atoms with E-state index in [9.17, 15) is 14.4 Å². The minimum Gasteiger partial charge on any atom is -0.462 e. The van der Waals surface area contributed by atoms with Crippen LogP contribution in [0.25, 0.3) is 0 Å². The highest BCUT2D eigenvalue weighted by Gasteiger charge is 2.19. The minimum absolute atomic E-state index is 0.0694. The van der Waals surface area contributed by atoms with E-state index < -0.39 is 6.10 Å². The Labute approximate surface area is 455 Å². The van der Waals surface area contributed by atoms with Crippen LogP contribution in [0, 0.1) is 0 Å². The first-order valence-corrected chi connectivity index (χ1v) is 32.5. The van der Waals surface area contributed by atoms with E-state index in [2.05, 4.69) is 57.2 Å². The SMILES string of the molecule is CCCCCCC/C=C\C/C=C\C/C=C\CCCCCCCCCCC(=O)OCC(COC(=O)CCCCCCCCCCCC)OC(=O)CCCCCCCCCCCCCCCCCCCCCCCC. The van der Waals surface area contributed by atoms with Crippen molar-refractivity contribution in [2.75, 3.05) is 13.2 Å². The highest BCUT2D eigenvalue weighted by Crippen LogP contribution is 2.18. The smallest absolute Gasteiger partial charge is 0.306 e. The van der Waals surface area contributed by atoms with E-state index in [-0.39, 0.29) is 31.1 Å². The van der Waals surface area contributed by atoms with E-state index in [4.69, 9.17) is 14.2 Å². The van der Waals surface area contributed by atoms with Crippen LogP contribution in [0.5, 0.6) is 0 Å². The predicted octanol–water partition coefficient (Wildman–Crippen LogP) is 22.0. The van der Waals surface area contributed by atoms with E-state index in [1.54, 1.807) is 0 Å². The fourth-order valence-electron chi connectivity index (χ4n) is 9.75. The van der Waals surface area contributed by atoms with Crippen molar-refractivity contribution in [3.63, 3.8) is 0 Å². The quantitative estimate of drug-likeness (QED) is 0.0261. The molecule has 73 heavy (non-hydrogen) atoms. The van der Waals surface area contributed by atoms with Crippen molar-refractivity contribution in [1.29, 1.82) is 0 Å². The number of unbranched alkanes of at least 4 members (excludes halogenated alkanes) is 43. The second kappa shape index (κ2) is 62.2. The normalized spacial score (nSPS) is 12.2. The summed E-state index contributed by atoms with van der Waals surface area (Å²) in [4.78, 5) is 38.2. The molecule has 0 bridgehead atoms.